The quantitative estimate of drug-likeness (QED) is 0.869. The van der Waals surface area contributed by atoms with Crippen LogP contribution in [0.25, 0.3) is 0 Å². The van der Waals surface area contributed by atoms with Gasteiger partial charge in [-0.3, -0.25) is 0 Å². The summed E-state index contributed by atoms with van der Waals surface area (Å²) in [6.07, 6.45) is 4.26. The minimum atomic E-state index is 0.436. The van der Waals surface area contributed by atoms with E-state index in [2.05, 4.69) is 29.0 Å². The first-order valence-corrected chi connectivity index (χ1v) is 7.11. The zero-order chi connectivity index (χ0) is 14.4. The predicted molar refractivity (Wildman–Crippen MR) is 81.0 cm³/mol. The van der Waals surface area contributed by atoms with E-state index in [1.54, 1.807) is 6.07 Å². The minimum Gasteiger partial charge on any atom is -0.439 e. The Kier molecular flexibility index (Phi) is 4.93. The average molecular weight is 271 g/mol. The number of nitrogens with two attached hydrogens (primary N) is 1. The van der Waals surface area contributed by atoms with Crippen molar-refractivity contribution in [2.45, 2.75) is 39.5 Å². The zero-order valence-electron chi connectivity index (χ0n) is 12.1. The van der Waals surface area contributed by atoms with Crippen molar-refractivity contribution in [2.75, 3.05) is 5.73 Å². The standard InChI is InChI=1S/C16H21N3O/c1-3-5-6-12-7-9-13(10-8-12)20-16-11-14(17)18-15(4-2)19-16/h7-11H,3-6H2,1-2H3,(H2,17,18,19). The molecule has 4 nitrogen and oxygen atoms in total. The van der Waals surface area contributed by atoms with E-state index in [1.165, 1.54) is 18.4 Å². The smallest absolute Gasteiger partial charge is 0.224 e. The van der Waals surface area contributed by atoms with Gasteiger partial charge in [-0.05, 0) is 30.5 Å². The monoisotopic (exact) mass is 271 g/mol. The summed E-state index contributed by atoms with van der Waals surface area (Å²) in [6, 6.07) is 9.76. The van der Waals surface area contributed by atoms with Crippen LogP contribution in [0.2, 0.25) is 0 Å². The Bertz CT molecular complexity index is 552. The maximum atomic E-state index is 5.74. The largest absolute Gasteiger partial charge is 0.439 e. The third kappa shape index (κ3) is 3.95. The molecule has 1 aromatic carbocycles. The van der Waals surface area contributed by atoms with Crippen LogP contribution in [0, 0.1) is 0 Å². The topological polar surface area (TPSA) is 61.0 Å². The third-order valence-corrected chi connectivity index (χ3v) is 3.05. The van der Waals surface area contributed by atoms with Gasteiger partial charge < -0.3 is 10.5 Å². The van der Waals surface area contributed by atoms with Crippen LogP contribution in [-0.4, -0.2) is 9.97 Å². The summed E-state index contributed by atoms with van der Waals surface area (Å²) in [4.78, 5) is 8.43. The molecular weight excluding hydrogens is 250 g/mol. The van der Waals surface area contributed by atoms with E-state index in [-0.39, 0.29) is 0 Å². The highest BCUT2D eigenvalue weighted by Gasteiger charge is 2.04. The normalized spacial score (nSPS) is 10.5. The number of nitrogen functional groups attached to an aromatic ring is 1. The lowest BCUT2D eigenvalue weighted by molar-refractivity contribution is 0.459. The SMILES string of the molecule is CCCCc1ccc(Oc2cc(N)nc(CC)n2)cc1. The van der Waals surface area contributed by atoms with E-state index in [4.69, 9.17) is 10.5 Å². The number of unbranched alkanes of at least 4 members (excludes halogenated alkanes) is 1. The van der Waals surface area contributed by atoms with Crippen molar-refractivity contribution < 1.29 is 4.74 Å². The molecule has 0 atom stereocenters. The number of hydrogen-bond donors (Lipinski definition) is 1. The Morgan fingerprint density at radius 1 is 1.10 bits per heavy atom. The molecule has 0 fully saturated rings. The van der Waals surface area contributed by atoms with Crippen LogP contribution in [0.15, 0.2) is 30.3 Å². The predicted octanol–water partition coefficient (Wildman–Crippen LogP) is 3.76. The van der Waals surface area contributed by atoms with Gasteiger partial charge in [0.1, 0.15) is 17.4 Å². The number of benzene rings is 1. The molecule has 20 heavy (non-hydrogen) atoms. The highest BCUT2D eigenvalue weighted by molar-refractivity contribution is 5.36. The summed E-state index contributed by atoms with van der Waals surface area (Å²) in [5.74, 6) is 2.40. The molecular formula is C16H21N3O. The number of aromatic nitrogens is 2. The summed E-state index contributed by atoms with van der Waals surface area (Å²) in [5.41, 5.74) is 7.07. The molecule has 0 spiro atoms. The van der Waals surface area contributed by atoms with Gasteiger partial charge in [0.25, 0.3) is 0 Å². The van der Waals surface area contributed by atoms with Crippen molar-refractivity contribution in [3.8, 4) is 11.6 Å². The van der Waals surface area contributed by atoms with E-state index in [0.29, 0.717) is 17.5 Å². The van der Waals surface area contributed by atoms with Gasteiger partial charge >= 0.3 is 0 Å². The first-order valence-electron chi connectivity index (χ1n) is 7.11. The van der Waals surface area contributed by atoms with E-state index < -0.39 is 0 Å². The fourth-order valence-electron chi connectivity index (χ4n) is 1.93. The molecule has 2 N–H and O–H groups in total. The summed E-state index contributed by atoms with van der Waals surface area (Å²) < 4.78 is 5.73. The summed E-state index contributed by atoms with van der Waals surface area (Å²) in [7, 11) is 0. The summed E-state index contributed by atoms with van der Waals surface area (Å²) >= 11 is 0. The van der Waals surface area contributed by atoms with Crippen molar-refractivity contribution in [2.24, 2.45) is 0 Å². The fraction of sp³-hybridized carbons (Fsp3) is 0.375. The number of hydrogen-bond acceptors (Lipinski definition) is 4. The van der Waals surface area contributed by atoms with Crippen molar-refractivity contribution in [1.29, 1.82) is 0 Å². The second-order valence-electron chi connectivity index (χ2n) is 4.75. The molecule has 2 aromatic rings. The van der Waals surface area contributed by atoms with Crippen LogP contribution in [0.1, 0.15) is 38.1 Å². The molecule has 4 heteroatoms. The van der Waals surface area contributed by atoms with Crippen molar-refractivity contribution in [1.82, 2.24) is 9.97 Å². The van der Waals surface area contributed by atoms with Gasteiger partial charge in [0.05, 0.1) is 0 Å². The number of nitrogens with zero attached hydrogens (tertiary/aromatic N) is 2. The maximum Gasteiger partial charge on any atom is 0.224 e. The Balaban J connectivity index is 2.07. The van der Waals surface area contributed by atoms with Gasteiger partial charge in [-0.2, -0.15) is 4.98 Å². The van der Waals surface area contributed by atoms with Crippen LogP contribution in [0.4, 0.5) is 5.82 Å². The van der Waals surface area contributed by atoms with Gasteiger partial charge in [0, 0.05) is 12.5 Å². The highest BCUT2D eigenvalue weighted by atomic mass is 16.5. The van der Waals surface area contributed by atoms with Crippen LogP contribution in [-0.2, 0) is 12.8 Å². The molecule has 0 aliphatic rings. The van der Waals surface area contributed by atoms with Crippen molar-refractivity contribution >= 4 is 5.82 Å². The molecule has 0 saturated heterocycles. The minimum absolute atomic E-state index is 0.436. The van der Waals surface area contributed by atoms with E-state index in [9.17, 15) is 0 Å². The lowest BCUT2D eigenvalue weighted by atomic mass is 10.1. The first kappa shape index (κ1) is 14.3. The molecule has 0 amide bonds. The Morgan fingerprint density at radius 2 is 1.85 bits per heavy atom. The Labute approximate surface area is 120 Å². The van der Waals surface area contributed by atoms with Gasteiger partial charge in [0.2, 0.25) is 5.88 Å². The van der Waals surface area contributed by atoms with E-state index in [0.717, 1.165) is 18.6 Å². The first-order chi connectivity index (χ1) is 9.71. The van der Waals surface area contributed by atoms with Crippen molar-refractivity contribution in [3.63, 3.8) is 0 Å². The van der Waals surface area contributed by atoms with E-state index >= 15 is 0 Å². The molecule has 0 radical (unpaired) electrons. The van der Waals surface area contributed by atoms with Crippen LogP contribution >= 0.6 is 0 Å². The number of ether oxygens (including phenoxy) is 1. The molecule has 0 aliphatic heterocycles. The molecule has 1 aromatic heterocycles. The number of anilines is 1. The average Bonchev–Trinajstić information content (AvgIpc) is 2.46. The molecule has 0 aliphatic carbocycles. The van der Waals surface area contributed by atoms with Crippen LogP contribution < -0.4 is 10.5 Å². The second kappa shape index (κ2) is 6.89. The lowest BCUT2D eigenvalue weighted by Gasteiger charge is -2.07. The number of aryl methyl sites for hydroxylation is 2. The van der Waals surface area contributed by atoms with E-state index in [1.807, 2.05) is 19.1 Å². The van der Waals surface area contributed by atoms with Crippen LogP contribution in [0.3, 0.4) is 0 Å². The lowest BCUT2D eigenvalue weighted by Crippen LogP contribution is -2.00. The van der Waals surface area contributed by atoms with Gasteiger partial charge in [-0.15, -0.1) is 0 Å². The number of rotatable bonds is 6. The maximum absolute atomic E-state index is 5.74. The van der Waals surface area contributed by atoms with Crippen LogP contribution in [0.5, 0.6) is 11.6 Å². The zero-order valence-corrected chi connectivity index (χ0v) is 12.1. The van der Waals surface area contributed by atoms with Gasteiger partial charge in [-0.25, -0.2) is 4.98 Å². The third-order valence-electron chi connectivity index (χ3n) is 3.05. The van der Waals surface area contributed by atoms with Crippen molar-refractivity contribution in [3.05, 3.63) is 41.7 Å². The molecule has 0 unspecified atom stereocenters. The van der Waals surface area contributed by atoms with Gasteiger partial charge in [0.15, 0.2) is 0 Å². The molecule has 0 bridgehead atoms. The molecule has 2 rings (SSSR count). The second-order valence-corrected chi connectivity index (χ2v) is 4.75. The summed E-state index contributed by atoms with van der Waals surface area (Å²) in [5, 5.41) is 0. The molecule has 0 saturated carbocycles. The van der Waals surface area contributed by atoms with Gasteiger partial charge in [-0.1, -0.05) is 32.4 Å². The highest BCUT2D eigenvalue weighted by Crippen LogP contribution is 2.21. The molecule has 1 heterocycles. The Hall–Kier alpha value is -2.10. The molecule has 106 valence electrons. The fourth-order valence-corrected chi connectivity index (χ4v) is 1.93. The Morgan fingerprint density at radius 3 is 2.50 bits per heavy atom. The summed E-state index contributed by atoms with van der Waals surface area (Å²) in [6.45, 7) is 4.18.